The van der Waals surface area contributed by atoms with E-state index in [9.17, 15) is 14.9 Å². The highest BCUT2D eigenvalue weighted by Gasteiger charge is 2.13. The summed E-state index contributed by atoms with van der Waals surface area (Å²) in [7, 11) is 0. The van der Waals surface area contributed by atoms with Crippen LogP contribution in [-0.2, 0) is 4.79 Å². The summed E-state index contributed by atoms with van der Waals surface area (Å²) in [6.45, 7) is 6.43. The van der Waals surface area contributed by atoms with Gasteiger partial charge in [0, 0.05) is 18.2 Å². The summed E-state index contributed by atoms with van der Waals surface area (Å²) in [6, 6.07) is 4.78. The van der Waals surface area contributed by atoms with Crippen molar-refractivity contribution in [2.24, 2.45) is 5.92 Å². The number of carbonyl (C=O) groups is 1. The van der Waals surface area contributed by atoms with E-state index in [1.807, 2.05) is 6.92 Å². The lowest BCUT2D eigenvalue weighted by molar-refractivity contribution is -0.384. The Bertz CT molecular complexity index is 746. The molecule has 136 valence electrons. The molecule has 0 radical (unpaired) electrons. The molecule has 0 aliphatic rings. The van der Waals surface area contributed by atoms with Crippen molar-refractivity contribution < 1.29 is 9.72 Å². The molecule has 0 fully saturated rings. The van der Waals surface area contributed by atoms with Crippen LogP contribution in [0.15, 0.2) is 22.5 Å². The number of fused-ring (bicyclic) bond motifs is 1. The second-order valence-electron chi connectivity index (χ2n) is 6.47. The Kier molecular flexibility index (Phi) is 7.19. The highest BCUT2D eigenvalue weighted by atomic mass is 32.2. The smallest absolute Gasteiger partial charge is 0.270 e. The molecule has 0 aliphatic carbocycles. The summed E-state index contributed by atoms with van der Waals surface area (Å²) < 4.78 is 1.51. The number of benzene rings is 1. The molecule has 1 atom stereocenters. The van der Waals surface area contributed by atoms with E-state index in [2.05, 4.69) is 24.1 Å². The van der Waals surface area contributed by atoms with Crippen molar-refractivity contribution in [3.8, 4) is 0 Å². The molecule has 2 rings (SSSR count). The zero-order valence-electron chi connectivity index (χ0n) is 14.7. The Labute approximate surface area is 155 Å². The van der Waals surface area contributed by atoms with Crippen LogP contribution in [0.4, 0.5) is 5.69 Å². The van der Waals surface area contributed by atoms with Gasteiger partial charge in [-0.1, -0.05) is 38.5 Å². The van der Waals surface area contributed by atoms with Gasteiger partial charge in [0.2, 0.25) is 5.91 Å². The Morgan fingerprint density at radius 3 is 2.80 bits per heavy atom. The normalized spacial score (nSPS) is 12.5. The number of nitro groups is 1. The second kappa shape index (κ2) is 9.15. The SMILES string of the molecule is CC(C)CCC[C@@H](C)NC(=O)CSc1nc2ccc([N+](=O)[O-])cc2s1. The van der Waals surface area contributed by atoms with Gasteiger partial charge >= 0.3 is 0 Å². The van der Waals surface area contributed by atoms with Crippen molar-refractivity contribution >= 4 is 44.9 Å². The minimum Gasteiger partial charge on any atom is -0.353 e. The third-order valence-corrected chi connectivity index (χ3v) is 5.88. The number of nitrogens with zero attached hydrogens (tertiary/aromatic N) is 2. The predicted octanol–water partition coefficient (Wildman–Crippen LogP) is 4.63. The quantitative estimate of drug-likeness (QED) is 0.389. The molecule has 0 spiro atoms. The average Bonchev–Trinajstić information content (AvgIpc) is 2.94. The largest absolute Gasteiger partial charge is 0.353 e. The van der Waals surface area contributed by atoms with Crippen LogP contribution in [0.1, 0.15) is 40.0 Å². The number of thioether (sulfide) groups is 1. The van der Waals surface area contributed by atoms with Crippen LogP contribution < -0.4 is 5.32 Å². The van der Waals surface area contributed by atoms with Crippen LogP contribution in [0.2, 0.25) is 0 Å². The number of aromatic nitrogens is 1. The van der Waals surface area contributed by atoms with Crippen molar-refractivity contribution in [3.63, 3.8) is 0 Å². The number of nitro benzene ring substituents is 1. The van der Waals surface area contributed by atoms with Gasteiger partial charge in [0.05, 0.1) is 20.9 Å². The average molecular weight is 382 g/mol. The van der Waals surface area contributed by atoms with Crippen LogP contribution in [-0.4, -0.2) is 27.6 Å². The summed E-state index contributed by atoms with van der Waals surface area (Å²) in [5.74, 6) is 0.983. The van der Waals surface area contributed by atoms with Gasteiger partial charge < -0.3 is 5.32 Å². The molecule has 1 heterocycles. The molecule has 0 saturated heterocycles. The van der Waals surface area contributed by atoms with E-state index in [0.29, 0.717) is 11.7 Å². The zero-order valence-corrected chi connectivity index (χ0v) is 16.3. The van der Waals surface area contributed by atoms with Gasteiger partial charge in [-0.2, -0.15) is 0 Å². The van der Waals surface area contributed by atoms with E-state index in [1.165, 1.54) is 41.7 Å². The highest BCUT2D eigenvalue weighted by molar-refractivity contribution is 8.01. The first-order valence-corrected chi connectivity index (χ1v) is 10.1. The first-order chi connectivity index (χ1) is 11.8. The number of amides is 1. The molecule has 0 bridgehead atoms. The van der Waals surface area contributed by atoms with Gasteiger partial charge in [-0.05, 0) is 25.3 Å². The van der Waals surface area contributed by atoms with E-state index in [1.54, 1.807) is 6.07 Å². The highest BCUT2D eigenvalue weighted by Crippen LogP contribution is 2.31. The topological polar surface area (TPSA) is 85.1 Å². The van der Waals surface area contributed by atoms with Crippen LogP contribution in [0.25, 0.3) is 10.2 Å². The van der Waals surface area contributed by atoms with Crippen molar-refractivity contribution in [1.82, 2.24) is 10.3 Å². The lowest BCUT2D eigenvalue weighted by Gasteiger charge is -2.14. The first-order valence-electron chi connectivity index (χ1n) is 8.32. The third-order valence-electron chi connectivity index (χ3n) is 3.72. The molecule has 8 heteroatoms. The van der Waals surface area contributed by atoms with Crippen molar-refractivity contribution in [2.45, 2.75) is 50.4 Å². The summed E-state index contributed by atoms with van der Waals surface area (Å²) in [5, 5.41) is 13.8. The number of carbonyl (C=O) groups excluding carboxylic acids is 1. The van der Waals surface area contributed by atoms with Gasteiger partial charge in [0.15, 0.2) is 4.34 Å². The fourth-order valence-electron chi connectivity index (χ4n) is 2.42. The van der Waals surface area contributed by atoms with Crippen LogP contribution >= 0.6 is 23.1 Å². The molecule has 1 N–H and O–H groups in total. The van der Waals surface area contributed by atoms with Gasteiger partial charge in [0.1, 0.15) is 0 Å². The van der Waals surface area contributed by atoms with Crippen LogP contribution in [0.5, 0.6) is 0 Å². The minimum atomic E-state index is -0.417. The molecule has 1 aromatic carbocycles. The minimum absolute atomic E-state index is 0.00714. The molecule has 0 saturated carbocycles. The molecule has 1 aromatic heterocycles. The van der Waals surface area contributed by atoms with E-state index < -0.39 is 4.92 Å². The second-order valence-corrected chi connectivity index (χ2v) is 8.72. The van der Waals surface area contributed by atoms with Gasteiger partial charge in [-0.15, -0.1) is 11.3 Å². The lowest BCUT2D eigenvalue weighted by atomic mass is 10.0. The fourth-order valence-corrected chi connectivity index (χ4v) is 4.33. The first kappa shape index (κ1) is 19.7. The number of rotatable bonds is 9. The van der Waals surface area contributed by atoms with Gasteiger partial charge in [-0.3, -0.25) is 14.9 Å². The Morgan fingerprint density at radius 1 is 1.36 bits per heavy atom. The van der Waals surface area contributed by atoms with E-state index in [0.717, 1.165) is 27.4 Å². The number of non-ortho nitro benzene ring substituents is 1. The van der Waals surface area contributed by atoms with E-state index in [-0.39, 0.29) is 17.6 Å². The maximum absolute atomic E-state index is 12.0. The maximum Gasteiger partial charge on any atom is 0.270 e. The summed E-state index contributed by atoms with van der Waals surface area (Å²) in [4.78, 5) is 26.8. The number of thiazole rings is 1. The number of hydrogen-bond acceptors (Lipinski definition) is 6. The van der Waals surface area contributed by atoms with Crippen LogP contribution in [0.3, 0.4) is 0 Å². The summed E-state index contributed by atoms with van der Waals surface area (Å²) >= 11 is 2.74. The number of hydrogen-bond donors (Lipinski definition) is 1. The van der Waals surface area contributed by atoms with Crippen LogP contribution in [0, 0.1) is 16.0 Å². The zero-order chi connectivity index (χ0) is 18.4. The van der Waals surface area contributed by atoms with Crippen molar-refractivity contribution in [1.29, 1.82) is 0 Å². The fraction of sp³-hybridized carbons (Fsp3) is 0.529. The monoisotopic (exact) mass is 381 g/mol. The lowest BCUT2D eigenvalue weighted by Crippen LogP contribution is -2.33. The summed E-state index contributed by atoms with van der Waals surface area (Å²) in [5.41, 5.74) is 0.779. The molecule has 6 nitrogen and oxygen atoms in total. The van der Waals surface area contributed by atoms with E-state index in [4.69, 9.17) is 0 Å². The molecular weight excluding hydrogens is 358 g/mol. The van der Waals surface area contributed by atoms with Gasteiger partial charge in [-0.25, -0.2) is 4.98 Å². The predicted molar refractivity (Wildman–Crippen MR) is 103 cm³/mol. The van der Waals surface area contributed by atoms with E-state index >= 15 is 0 Å². The van der Waals surface area contributed by atoms with Crippen molar-refractivity contribution in [3.05, 3.63) is 28.3 Å². The number of nitrogens with one attached hydrogen (secondary N) is 1. The Hall–Kier alpha value is -1.67. The molecule has 0 unspecified atom stereocenters. The van der Waals surface area contributed by atoms with Gasteiger partial charge in [0.25, 0.3) is 5.69 Å². The Balaban J connectivity index is 1.83. The Morgan fingerprint density at radius 2 is 2.12 bits per heavy atom. The molecular formula is C17H23N3O3S2. The summed E-state index contributed by atoms with van der Waals surface area (Å²) in [6.07, 6.45) is 3.27. The third kappa shape index (κ3) is 6.28. The standard InChI is InChI=1S/C17H23N3O3S2/c1-11(2)5-4-6-12(3)18-16(21)10-24-17-19-14-8-7-13(20(22)23)9-15(14)25-17/h7-9,11-12H,4-6,10H2,1-3H3,(H,18,21)/t12-/m1/s1. The molecule has 0 aliphatic heterocycles. The van der Waals surface area contributed by atoms with Crippen molar-refractivity contribution in [2.75, 3.05) is 5.75 Å². The molecule has 1 amide bonds. The molecule has 25 heavy (non-hydrogen) atoms. The maximum atomic E-state index is 12.0. The molecule has 2 aromatic rings.